The molecule has 0 saturated carbocycles. The molecule has 1 N–H and O–H groups in total. The van der Waals surface area contributed by atoms with Gasteiger partial charge in [-0.15, -0.1) is 0 Å². The minimum Gasteiger partial charge on any atom is -0.392 e. The molecule has 2 fully saturated rings. The molecular weight excluding hydrogens is 463 g/mol. The number of halogens is 2. The van der Waals surface area contributed by atoms with Gasteiger partial charge in [0.15, 0.2) is 0 Å². The van der Waals surface area contributed by atoms with Crippen LogP contribution >= 0.6 is 11.6 Å². The summed E-state index contributed by atoms with van der Waals surface area (Å²) in [5.74, 6) is -0.303. The van der Waals surface area contributed by atoms with Gasteiger partial charge in [0.25, 0.3) is 0 Å². The lowest BCUT2D eigenvalue weighted by Gasteiger charge is -2.42. The number of fused-ring (bicyclic) bond motifs is 2. The average molecular weight is 497 g/mol. The third-order valence-electron chi connectivity index (χ3n) is 8.48. The first-order chi connectivity index (χ1) is 16.9. The van der Waals surface area contributed by atoms with Crippen LogP contribution in [0.2, 0.25) is 5.02 Å². The maximum atomic E-state index is 13.3. The van der Waals surface area contributed by atoms with E-state index in [1.165, 1.54) is 49.5 Å². The lowest BCUT2D eigenvalue weighted by Crippen LogP contribution is -2.47. The molecular formula is C29H34ClFN2O2. The molecule has 2 heterocycles. The Labute approximate surface area is 212 Å². The molecule has 1 atom stereocenters. The van der Waals surface area contributed by atoms with E-state index in [9.17, 15) is 14.3 Å². The Balaban J connectivity index is 1.07. The quantitative estimate of drug-likeness (QED) is 0.588. The van der Waals surface area contributed by atoms with E-state index in [2.05, 4.69) is 29.2 Å². The van der Waals surface area contributed by atoms with Gasteiger partial charge in [-0.1, -0.05) is 41.9 Å². The summed E-state index contributed by atoms with van der Waals surface area (Å²) in [4.78, 5) is 16.9. The molecule has 35 heavy (non-hydrogen) atoms. The lowest BCUT2D eigenvalue weighted by atomic mass is 9.73. The van der Waals surface area contributed by atoms with Crippen LogP contribution in [0.25, 0.3) is 6.08 Å². The van der Waals surface area contributed by atoms with Gasteiger partial charge in [-0.3, -0.25) is 4.79 Å². The maximum Gasteiger partial charge on any atom is 0.246 e. The number of likely N-dealkylation sites (tertiary alicyclic amines) is 2. The van der Waals surface area contributed by atoms with Gasteiger partial charge in [0.1, 0.15) is 5.82 Å². The summed E-state index contributed by atoms with van der Waals surface area (Å²) in [6.07, 6.45) is 9.27. The number of benzene rings is 2. The van der Waals surface area contributed by atoms with Gasteiger partial charge in [-0.05, 0) is 97.8 Å². The molecule has 4 nitrogen and oxygen atoms in total. The number of aliphatic hydroxyl groups excluding tert-OH is 1. The monoisotopic (exact) mass is 496 g/mol. The standard InChI is InChI=1S/C29H34ClFN2O2/c30-25-19-21(5-7-26(25)31)6-8-28(35)33-15-10-23(11-16-33)27(34)20-32-17-13-29(14-18-32)12-9-22-3-1-2-4-24(22)29/h1-8,19,23,27,34H,9-18,20H2/b8-6+. The molecule has 0 radical (unpaired) electrons. The highest BCUT2D eigenvalue weighted by atomic mass is 35.5. The van der Waals surface area contributed by atoms with E-state index in [1.54, 1.807) is 17.7 Å². The Morgan fingerprint density at radius 1 is 1.11 bits per heavy atom. The molecule has 0 bridgehead atoms. The molecule has 1 spiro atoms. The van der Waals surface area contributed by atoms with Gasteiger partial charge in [-0.25, -0.2) is 4.39 Å². The Kier molecular flexibility index (Phi) is 7.29. The predicted molar refractivity (Wildman–Crippen MR) is 138 cm³/mol. The average Bonchev–Trinajstić information content (AvgIpc) is 3.24. The molecule has 186 valence electrons. The van der Waals surface area contributed by atoms with E-state index in [-0.39, 0.29) is 23.0 Å². The second kappa shape index (κ2) is 10.4. The minimum atomic E-state index is -0.469. The van der Waals surface area contributed by atoms with Crippen molar-refractivity contribution in [3.05, 3.63) is 76.1 Å². The smallest absolute Gasteiger partial charge is 0.246 e. The van der Waals surface area contributed by atoms with Crippen molar-refractivity contribution in [1.29, 1.82) is 0 Å². The van der Waals surface area contributed by atoms with Crippen LogP contribution in [0.15, 0.2) is 48.5 Å². The second-order valence-electron chi connectivity index (χ2n) is 10.5. The van der Waals surface area contributed by atoms with E-state index in [4.69, 9.17) is 11.6 Å². The van der Waals surface area contributed by atoms with E-state index in [0.717, 1.165) is 32.5 Å². The molecule has 1 aliphatic carbocycles. The summed E-state index contributed by atoms with van der Waals surface area (Å²) in [5.41, 5.74) is 4.13. The molecule has 1 amide bonds. The fourth-order valence-electron chi connectivity index (χ4n) is 6.25. The molecule has 2 aromatic carbocycles. The van der Waals surface area contributed by atoms with Gasteiger partial charge in [0.2, 0.25) is 5.91 Å². The minimum absolute atomic E-state index is 0.0475. The highest BCUT2D eigenvalue weighted by Crippen LogP contribution is 2.46. The normalized spacial score (nSPS) is 21.5. The first kappa shape index (κ1) is 24.5. The van der Waals surface area contributed by atoms with E-state index in [0.29, 0.717) is 24.1 Å². The predicted octanol–water partition coefficient (Wildman–Crippen LogP) is 5.07. The van der Waals surface area contributed by atoms with Crippen LogP contribution in [0.4, 0.5) is 4.39 Å². The molecule has 2 saturated heterocycles. The fraction of sp³-hybridized carbons (Fsp3) is 0.483. The molecule has 2 aromatic rings. The zero-order valence-electron chi connectivity index (χ0n) is 20.1. The lowest BCUT2D eigenvalue weighted by molar-refractivity contribution is -0.128. The second-order valence-corrected chi connectivity index (χ2v) is 10.9. The first-order valence-corrected chi connectivity index (χ1v) is 13.2. The number of amides is 1. The van der Waals surface area contributed by atoms with Crippen molar-refractivity contribution in [2.45, 2.75) is 50.0 Å². The summed E-state index contributed by atoms with van der Waals surface area (Å²) in [6.45, 7) is 4.10. The topological polar surface area (TPSA) is 43.8 Å². The third kappa shape index (κ3) is 5.32. The summed E-state index contributed by atoms with van der Waals surface area (Å²) in [6, 6.07) is 13.3. The van der Waals surface area contributed by atoms with Crippen LogP contribution in [0, 0.1) is 11.7 Å². The molecule has 5 rings (SSSR count). The van der Waals surface area contributed by atoms with Gasteiger partial charge in [0, 0.05) is 25.7 Å². The van der Waals surface area contributed by atoms with Gasteiger partial charge in [-0.2, -0.15) is 0 Å². The van der Waals surface area contributed by atoms with Crippen LogP contribution in [-0.4, -0.2) is 59.6 Å². The number of rotatable bonds is 5. The van der Waals surface area contributed by atoms with Crippen molar-refractivity contribution >= 4 is 23.6 Å². The number of hydrogen-bond acceptors (Lipinski definition) is 3. The van der Waals surface area contributed by atoms with Crippen molar-refractivity contribution in [1.82, 2.24) is 9.80 Å². The summed E-state index contributed by atoms with van der Waals surface area (Å²) >= 11 is 5.81. The van der Waals surface area contributed by atoms with Crippen LogP contribution in [-0.2, 0) is 16.6 Å². The number of carbonyl (C=O) groups excluding carboxylic acids is 1. The molecule has 1 unspecified atom stereocenters. The fourth-order valence-corrected chi connectivity index (χ4v) is 6.44. The van der Waals surface area contributed by atoms with Crippen molar-refractivity contribution < 1.29 is 14.3 Å². The Hall–Kier alpha value is -2.21. The number of piperidine rings is 2. The first-order valence-electron chi connectivity index (χ1n) is 12.8. The summed E-state index contributed by atoms with van der Waals surface area (Å²) in [5, 5.41) is 11.0. The zero-order chi connectivity index (χ0) is 24.4. The number of β-amino-alcohol motifs (C(OH)–C–C–N with tert-alkyl or cyclic N) is 1. The highest BCUT2D eigenvalue weighted by molar-refractivity contribution is 6.30. The molecule has 3 aliphatic rings. The third-order valence-corrected chi connectivity index (χ3v) is 8.77. The van der Waals surface area contributed by atoms with Crippen molar-refractivity contribution in [2.24, 2.45) is 5.92 Å². The van der Waals surface area contributed by atoms with Crippen LogP contribution < -0.4 is 0 Å². The van der Waals surface area contributed by atoms with Crippen LogP contribution in [0.3, 0.4) is 0 Å². The molecule has 6 heteroatoms. The summed E-state index contributed by atoms with van der Waals surface area (Å²) < 4.78 is 13.3. The van der Waals surface area contributed by atoms with Gasteiger partial charge in [0.05, 0.1) is 11.1 Å². The van der Waals surface area contributed by atoms with Crippen molar-refractivity contribution in [2.75, 3.05) is 32.7 Å². The zero-order valence-corrected chi connectivity index (χ0v) is 20.9. The Bertz CT molecular complexity index is 1090. The highest BCUT2D eigenvalue weighted by Gasteiger charge is 2.41. The van der Waals surface area contributed by atoms with Crippen molar-refractivity contribution in [3.8, 4) is 0 Å². The van der Waals surface area contributed by atoms with Crippen LogP contribution in [0.5, 0.6) is 0 Å². The van der Waals surface area contributed by atoms with Gasteiger partial charge >= 0.3 is 0 Å². The summed E-state index contributed by atoms with van der Waals surface area (Å²) in [7, 11) is 0. The molecule has 0 aromatic heterocycles. The van der Waals surface area contributed by atoms with Gasteiger partial charge < -0.3 is 14.9 Å². The number of carbonyl (C=O) groups is 1. The van der Waals surface area contributed by atoms with Crippen molar-refractivity contribution in [3.63, 3.8) is 0 Å². The maximum absolute atomic E-state index is 13.3. The van der Waals surface area contributed by atoms with E-state index < -0.39 is 5.82 Å². The Morgan fingerprint density at radius 3 is 2.60 bits per heavy atom. The van der Waals surface area contributed by atoms with E-state index >= 15 is 0 Å². The van der Waals surface area contributed by atoms with Crippen LogP contribution in [0.1, 0.15) is 48.8 Å². The largest absolute Gasteiger partial charge is 0.392 e. The number of nitrogens with zero attached hydrogens (tertiary/aromatic N) is 2. The number of aliphatic hydroxyl groups is 1. The number of aryl methyl sites for hydroxylation is 1. The molecule has 2 aliphatic heterocycles. The van der Waals surface area contributed by atoms with E-state index in [1.807, 2.05) is 4.90 Å². The SMILES string of the molecule is O=C(/C=C/c1ccc(F)c(Cl)c1)N1CCC(C(O)CN2CCC3(CCc4ccccc43)CC2)CC1. The number of hydrogen-bond donors (Lipinski definition) is 1. The Morgan fingerprint density at radius 2 is 1.86 bits per heavy atom.